The van der Waals surface area contributed by atoms with Gasteiger partial charge in [-0.15, -0.1) is 0 Å². The van der Waals surface area contributed by atoms with Crippen LogP contribution in [-0.2, 0) is 6.42 Å². The molecule has 1 aromatic carbocycles. The van der Waals surface area contributed by atoms with Crippen molar-refractivity contribution in [2.45, 2.75) is 12.5 Å². The third kappa shape index (κ3) is 3.15. The highest BCUT2D eigenvalue weighted by Crippen LogP contribution is 2.28. The predicted molar refractivity (Wildman–Crippen MR) is 81.7 cm³/mol. The van der Waals surface area contributed by atoms with Gasteiger partial charge in [-0.05, 0) is 34.1 Å². The lowest BCUT2D eigenvalue weighted by Crippen LogP contribution is -2.13. The SMILES string of the molecule is NC(Cc1cnc[nH]1)c1nc(-c2ccc(Cl)c(Br)c2)no1. The summed E-state index contributed by atoms with van der Waals surface area (Å²) >= 11 is 9.33. The Hall–Kier alpha value is -1.70. The molecule has 108 valence electrons. The minimum Gasteiger partial charge on any atom is -0.348 e. The third-order valence-corrected chi connectivity index (χ3v) is 4.15. The van der Waals surface area contributed by atoms with Gasteiger partial charge in [-0.2, -0.15) is 4.98 Å². The highest BCUT2D eigenvalue weighted by Gasteiger charge is 2.17. The van der Waals surface area contributed by atoms with Crippen LogP contribution in [-0.4, -0.2) is 20.1 Å². The molecule has 1 unspecified atom stereocenters. The first-order valence-corrected chi connectivity index (χ1v) is 7.32. The van der Waals surface area contributed by atoms with Crippen molar-refractivity contribution in [1.82, 2.24) is 20.1 Å². The highest BCUT2D eigenvalue weighted by atomic mass is 79.9. The van der Waals surface area contributed by atoms with Crippen molar-refractivity contribution in [2.75, 3.05) is 0 Å². The standard InChI is InChI=1S/C13H11BrClN5O/c14-9-3-7(1-2-10(9)15)12-19-13(21-20-12)11(16)4-8-5-17-6-18-8/h1-3,5-6,11H,4,16H2,(H,17,18). The van der Waals surface area contributed by atoms with E-state index in [9.17, 15) is 0 Å². The summed E-state index contributed by atoms with van der Waals surface area (Å²) in [5.41, 5.74) is 7.77. The zero-order valence-corrected chi connectivity index (χ0v) is 13.1. The van der Waals surface area contributed by atoms with Gasteiger partial charge in [0.2, 0.25) is 11.7 Å². The van der Waals surface area contributed by atoms with Crippen LogP contribution in [0.4, 0.5) is 0 Å². The Balaban J connectivity index is 1.80. The van der Waals surface area contributed by atoms with Crippen LogP contribution >= 0.6 is 27.5 Å². The summed E-state index contributed by atoms with van der Waals surface area (Å²) in [6, 6.07) is 5.03. The monoisotopic (exact) mass is 367 g/mol. The van der Waals surface area contributed by atoms with Gasteiger partial charge >= 0.3 is 0 Å². The molecule has 3 N–H and O–H groups in total. The second-order valence-corrected chi connectivity index (χ2v) is 5.73. The number of imidazole rings is 1. The highest BCUT2D eigenvalue weighted by molar-refractivity contribution is 9.10. The molecule has 0 aliphatic rings. The molecule has 0 radical (unpaired) electrons. The number of aromatic nitrogens is 4. The second-order valence-electron chi connectivity index (χ2n) is 4.47. The van der Waals surface area contributed by atoms with Crippen LogP contribution in [0.15, 0.2) is 39.7 Å². The van der Waals surface area contributed by atoms with E-state index in [0.717, 1.165) is 15.7 Å². The van der Waals surface area contributed by atoms with Gasteiger partial charge in [0.05, 0.1) is 17.4 Å². The van der Waals surface area contributed by atoms with E-state index < -0.39 is 0 Å². The number of hydrogen-bond donors (Lipinski definition) is 2. The quantitative estimate of drug-likeness (QED) is 0.738. The number of hydrogen-bond acceptors (Lipinski definition) is 5. The molecule has 0 bridgehead atoms. The minimum atomic E-state index is -0.387. The first kappa shape index (κ1) is 14.2. The summed E-state index contributed by atoms with van der Waals surface area (Å²) < 4.78 is 6.00. The molecule has 3 rings (SSSR count). The van der Waals surface area contributed by atoms with Gasteiger partial charge in [-0.25, -0.2) is 4.98 Å². The van der Waals surface area contributed by atoms with Crippen LogP contribution in [0, 0.1) is 0 Å². The van der Waals surface area contributed by atoms with Gasteiger partial charge in [0.1, 0.15) is 0 Å². The average Bonchev–Trinajstić information content (AvgIpc) is 3.12. The maximum absolute atomic E-state index is 6.06. The summed E-state index contributed by atoms with van der Waals surface area (Å²) in [5, 5.41) is 4.58. The van der Waals surface area contributed by atoms with Crippen molar-refractivity contribution in [3.05, 3.63) is 51.8 Å². The molecule has 21 heavy (non-hydrogen) atoms. The van der Waals surface area contributed by atoms with Crippen molar-refractivity contribution >= 4 is 27.5 Å². The Bertz CT molecular complexity index is 743. The fourth-order valence-electron chi connectivity index (χ4n) is 1.86. The van der Waals surface area contributed by atoms with Crippen LogP contribution in [0.3, 0.4) is 0 Å². The van der Waals surface area contributed by atoms with Gasteiger partial charge in [0.25, 0.3) is 0 Å². The van der Waals surface area contributed by atoms with Crippen molar-refractivity contribution < 1.29 is 4.52 Å². The molecular weight excluding hydrogens is 358 g/mol. The molecule has 0 saturated heterocycles. The fourth-order valence-corrected chi connectivity index (χ4v) is 2.36. The van der Waals surface area contributed by atoms with Crippen molar-refractivity contribution in [2.24, 2.45) is 5.73 Å². The number of H-pyrrole nitrogens is 1. The molecule has 0 amide bonds. The van der Waals surface area contributed by atoms with Gasteiger partial charge in [0.15, 0.2) is 0 Å². The maximum atomic E-state index is 6.06. The zero-order valence-electron chi connectivity index (χ0n) is 10.8. The number of nitrogens with zero attached hydrogens (tertiary/aromatic N) is 3. The molecule has 0 aliphatic heterocycles. The van der Waals surface area contributed by atoms with E-state index in [-0.39, 0.29) is 6.04 Å². The summed E-state index contributed by atoms with van der Waals surface area (Å²) in [7, 11) is 0. The first-order chi connectivity index (χ1) is 10.1. The van der Waals surface area contributed by atoms with Crippen molar-refractivity contribution in [3.8, 4) is 11.4 Å². The summed E-state index contributed by atoms with van der Waals surface area (Å²) in [4.78, 5) is 11.3. The lowest BCUT2D eigenvalue weighted by Gasteiger charge is -2.03. The number of nitrogens with two attached hydrogens (primary N) is 1. The Morgan fingerprint density at radius 2 is 2.29 bits per heavy atom. The topological polar surface area (TPSA) is 93.6 Å². The Labute approximate surface area is 133 Å². The Morgan fingerprint density at radius 3 is 3.00 bits per heavy atom. The molecule has 0 fully saturated rings. The number of halogens is 2. The lowest BCUT2D eigenvalue weighted by molar-refractivity contribution is 0.354. The number of aromatic amines is 1. The largest absolute Gasteiger partial charge is 0.348 e. The van der Waals surface area contributed by atoms with Crippen molar-refractivity contribution in [1.29, 1.82) is 0 Å². The molecule has 1 atom stereocenters. The third-order valence-electron chi connectivity index (χ3n) is 2.93. The lowest BCUT2D eigenvalue weighted by atomic mass is 10.2. The number of rotatable bonds is 4. The van der Waals surface area contributed by atoms with Gasteiger partial charge in [-0.3, -0.25) is 0 Å². The molecule has 6 nitrogen and oxygen atoms in total. The molecule has 2 heterocycles. The van der Waals surface area contributed by atoms with Gasteiger partial charge in [0, 0.05) is 28.3 Å². The van der Waals surface area contributed by atoms with E-state index in [2.05, 4.69) is 36.0 Å². The average molecular weight is 369 g/mol. The molecule has 0 saturated carbocycles. The normalized spacial score (nSPS) is 12.5. The summed E-state index contributed by atoms with van der Waals surface area (Å²) in [6.45, 7) is 0. The summed E-state index contributed by atoms with van der Waals surface area (Å²) in [6.07, 6.45) is 3.87. The molecule has 2 aromatic heterocycles. The number of benzene rings is 1. The van der Waals surface area contributed by atoms with Crippen LogP contribution in [0.25, 0.3) is 11.4 Å². The van der Waals surface area contributed by atoms with E-state index in [1.165, 1.54) is 0 Å². The number of nitrogens with one attached hydrogen (secondary N) is 1. The molecular formula is C13H11BrClN5O. The first-order valence-electron chi connectivity index (χ1n) is 6.15. The van der Waals surface area contributed by atoms with E-state index in [0.29, 0.717) is 23.2 Å². The smallest absolute Gasteiger partial charge is 0.244 e. The molecule has 3 aromatic rings. The predicted octanol–water partition coefficient (Wildman–Crippen LogP) is 3.12. The second kappa shape index (κ2) is 5.97. The van der Waals surface area contributed by atoms with E-state index in [1.807, 2.05) is 12.1 Å². The summed E-state index contributed by atoms with van der Waals surface area (Å²) in [5.74, 6) is 0.855. The van der Waals surface area contributed by atoms with Crippen LogP contribution < -0.4 is 5.73 Å². The fraction of sp³-hybridized carbons (Fsp3) is 0.154. The molecule has 0 spiro atoms. The Kier molecular flexibility index (Phi) is 4.05. The Morgan fingerprint density at radius 1 is 1.43 bits per heavy atom. The van der Waals surface area contributed by atoms with Gasteiger partial charge < -0.3 is 15.2 Å². The zero-order chi connectivity index (χ0) is 14.8. The van der Waals surface area contributed by atoms with E-state index in [4.69, 9.17) is 21.9 Å². The van der Waals surface area contributed by atoms with Crippen LogP contribution in [0.1, 0.15) is 17.6 Å². The van der Waals surface area contributed by atoms with Crippen molar-refractivity contribution in [3.63, 3.8) is 0 Å². The maximum Gasteiger partial charge on any atom is 0.244 e. The van der Waals surface area contributed by atoms with E-state index >= 15 is 0 Å². The molecule has 0 aliphatic carbocycles. The van der Waals surface area contributed by atoms with E-state index in [1.54, 1.807) is 18.6 Å². The van der Waals surface area contributed by atoms with Gasteiger partial charge in [-0.1, -0.05) is 16.8 Å². The molecule has 8 heteroatoms. The van der Waals surface area contributed by atoms with Crippen LogP contribution in [0.2, 0.25) is 5.02 Å². The minimum absolute atomic E-state index is 0.380. The van der Waals surface area contributed by atoms with Crippen LogP contribution in [0.5, 0.6) is 0 Å².